The minimum atomic E-state index is 0.788. The van der Waals surface area contributed by atoms with Crippen molar-refractivity contribution in [2.24, 2.45) is 5.73 Å². The highest BCUT2D eigenvalue weighted by Crippen LogP contribution is 1.89. The third-order valence-electron chi connectivity index (χ3n) is 2.99. The molecule has 0 aliphatic carbocycles. The predicted octanol–water partition coefficient (Wildman–Crippen LogP) is 0.636. The SMILES string of the molecule is CCN(CC)CCCNCCCNCCCN. The zero-order valence-electron chi connectivity index (χ0n) is 11.8. The van der Waals surface area contributed by atoms with Crippen LogP contribution in [-0.4, -0.2) is 57.3 Å². The van der Waals surface area contributed by atoms with E-state index in [1.165, 1.54) is 32.5 Å². The molecule has 17 heavy (non-hydrogen) atoms. The van der Waals surface area contributed by atoms with Gasteiger partial charge >= 0.3 is 0 Å². The number of nitrogens with zero attached hydrogens (tertiary/aromatic N) is 1. The van der Waals surface area contributed by atoms with Crippen LogP contribution in [0.4, 0.5) is 0 Å². The van der Waals surface area contributed by atoms with Crippen molar-refractivity contribution >= 4 is 0 Å². The molecule has 4 heteroatoms. The first-order chi connectivity index (χ1) is 8.35. The van der Waals surface area contributed by atoms with Crippen molar-refractivity contribution < 1.29 is 0 Å². The lowest BCUT2D eigenvalue weighted by Gasteiger charge is -2.17. The third kappa shape index (κ3) is 12.1. The van der Waals surface area contributed by atoms with E-state index in [2.05, 4.69) is 29.4 Å². The van der Waals surface area contributed by atoms with E-state index in [0.29, 0.717) is 0 Å². The number of rotatable bonds is 13. The summed E-state index contributed by atoms with van der Waals surface area (Å²) in [7, 11) is 0. The summed E-state index contributed by atoms with van der Waals surface area (Å²) in [6, 6.07) is 0. The second-order valence-corrected chi connectivity index (χ2v) is 4.38. The van der Waals surface area contributed by atoms with Gasteiger partial charge in [0.2, 0.25) is 0 Å². The lowest BCUT2D eigenvalue weighted by molar-refractivity contribution is 0.298. The second kappa shape index (κ2) is 13.9. The summed E-state index contributed by atoms with van der Waals surface area (Å²) >= 11 is 0. The van der Waals surface area contributed by atoms with E-state index in [4.69, 9.17) is 5.73 Å². The van der Waals surface area contributed by atoms with Crippen LogP contribution in [0.1, 0.15) is 33.1 Å². The maximum Gasteiger partial charge on any atom is -0.000687 e. The van der Waals surface area contributed by atoms with E-state index in [1.54, 1.807) is 0 Å². The molecule has 0 fully saturated rings. The van der Waals surface area contributed by atoms with Gasteiger partial charge in [-0.1, -0.05) is 13.8 Å². The summed E-state index contributed by atoms with van der Waals surface area (Å²) in [5.74, 6) is 0. The van der Waals surface area contributed by atoms with Gasteiger partial charge < -0.3 is 21.3 Å². The Morgan fingerprint density at radius 3 is 1.88 bits per heavy atom. The van der Waals surface area contributed by atoms with E-state index in [1.807, 2.05) is 0 Å². The molecule has 0 amide bonds. The number of hydrogen-bond donors (Lipinski definition) is 3. The van der Waals surface area contributed by atoms with Crippen LogP contribution in [0.2, 0.25) is 0 Å². The van der Waals surface area contributed by atoms with Crippen molar-refractivity contribution in [2.45, 2.75) is 33.1 Å². The molecule has 0 aliphatic heterocycles. The molecule has 0 rings (SSSR count). The Labute approximate surface area is 107 Å². The monoisotopic (exact) mass is 244 g/mol. The molecule has 0 aromatic rings. The summed E-state index contributed by atoms with van der Waals surface area (Å²) in [6.07, 6.45) is 3.54. The fraction of sp³-hybridized carbons (Fsp3) is 1.00. The second-order valence-electron chi connectivity index (χ2n) is 4.38. The Balaban J connectivity index is 3.03. The lowest BCUT2D eigenvalue weighted by Crippen LogP contribution is -2.28. The quantitative estimate of drug-likeness (QED) is 0.416. The molecule has 0 bridgehead atoms. The van der Waals surface area contributed by atoms with Crippen LogP contribution in [-0.2, 0) is 0 Å². The summed E-state index contributed by atoms with van der Waals surface area (Å²) in [4.78, 5) is 2.47. The number of nitrogens with one attached hydrogen (secondary N) is 2. The standard InChI is InChI=1S/C13H32N4/c1-3-17(4-2)13-7-12-16-11-6-10-15-9-5-8-14/h15-16H,3-14H2,1-2H3. The van der Waals surface area contributed by atoms with Crippen LogP contribution in [0.15, 0.2) is 0 Å². The normalized spacial score (nSPS) is 11.3. The highest BCUT2D eigenvalue weighted by molar-refractivity contribution is 4.56. The van der Waals surface area contributed by atoms with E-state index in [-0.39, 0.29) is 0 Å². The zero-order chi connectivity index (χ0) is 12.8. The van der Waals surface area contributed by atoms with Gasteiger partial charge in [0.05, 0.1) is 0 Å². The van der Waals surface area contributed by atoms with Gasteiger partial charge in [-0.3, -0.25) is 0 Å². The fourth-order valence-corrected chi connectivity index (χ4v) is 1.78. The minimum Gasteiger partial charge on any atom is -0.330 e. The predicted molar refractivity (Wildman–Crippen MR) is 76.4 cm³/mol. The molecule has 0 saturated carbocycles. The van der Waals surface area contributed by atoms with Crippen molar-refractivity contribution in [2.75, 3.05) is 52.4 Å². The van der Waals surface area contributed by atoms with Gasteiger partial charge in [0.1, 0.15) is 0 Å². The fourth-order valence-electron chi connectivity index (χ4n) is 1.78. The molecular weight excluding hydrogens is 212 g/mol. The van der Waals surface area contributed by atoms with Crippen molar-refractivity contribution in [3.63, 3.8) is 0 Å². The van der Waals surface area contributed by atoms with E-state index >= 15 is 0 Å². The minimum absolute atomic E-state index is 0.788. The molecule has 0 atom stereocenters. The molecular formula is C13H32N4. The van der Waals surface area contributed by atoms with Crippen LogP contribution in [0, 0.1) is 0 Å². The first-order valence-electron chi connectivity index (χ1n) is 7.19. The zero-order valence-corrected chi connectivity index (χ0v) is 11.8. The maximum absolute atomic E-state index is 5.42. The van der Waals surface area contributed by atoms with Crippen LogP contribution in [0.3, 0.4) is 0 Å². The Kier molecular flexibility index (Phi) is 13.8. The number of hydrogen-bond acceptors (Lipinski definition) is 4. The van der Waals surface area contributed by atoms with Crippen LogP contribution >= 0.6 is 0 Å². The molecule has 0 saturated heterocycles. The van der Waals surface area contributed by atoms with E-state index < -0.39 is 0 Å². The first-order valence-corrected chi connectivity index (χ1v) is 7.19. The molecule has 0 aromatic heterocycles. The Hall–Kier alpha value is -0.160. The molecule has 0 aliphatic rings. The molecule has 4 nitrogen and oxygen atoms in total. The average molecular weight is 244 g/mol. The molecule has 0 aromatic carbocycles. The van der Waals surface area contributed by atoms with Crippen molar-refractivity contribution in [3.8, 4) is 0 Å². The summed E-state index contributed by atoms with van der Waals surface area (Å²) in [5, 5.41) is 6.87. The molecule has 0 spiro atoms. The number of nitrogens with two attached hydrogens (primary N) is 1. The Morgan fingerprint density at radius 1 is 0.824 bits per heavy atom. The van der Waals surface area contributed by atoms with Crippen LogP contribution in [0.5, 0.6) is 0 Å². The molecule has 0 heterocycles. The highest BCUT2D eigenvalue weighted by atomic mass is 15.1. The van der Waals surface area contributed by atoms with Gasteiger partial charge in [0.25, 0.3) is 0 Å². The Morgan fingerprint density at radius 2 is 1.35 bits per heavy atom. The molecule has 0 radical (unpaired) electrons. The van der Waals surface area contributed by atoms with Gasteiger partial charge in [-0.25, -0.2) is 0 Å². The largest absolute Gasteiger partial charge is 0.330 e. The third-order valence-corrected chi connectivity index (χ3v) is 2.99. The van der Waals surface area contributed by atoms with Gasteiger partial charge in [0.15, 0.2) is 0 Å². The first kappa shape index (κ1) is 16.8. The van der Waals surface area contributed by atoms with E-state index in [0.717, 1.165) is 39.1 Å². The molecule has 0 unspecified atom stereocenters. The van der Waals surface area contributed by atoms with Crippen molar-refractivity contribution in [1.29, 1.82) is 0 Å². The Bertz CT molecular complexity index is 137. The van der Waals surface area contributed by atoms with Gasteiger partial charge in [-0.05, 0) is 71.6 Å². The summed E-state index contributed by atoms with van der Waals surface area (Å²) in [5.41, 5.74) is 5.42. The topological polar surface area (TPSA) is 53.3 Å². The van der Waals surface area contributed by atoms with Crippen molar-refractivity contribution in [1.82, 2.24) is 15.5 Å². The summed E-state index contributed by atoms with van der Waals surface area (Å²) in [6.45, 7) is 13.2. The average Bonchev–Trinajstić information content (AvgIpc) is 2.36. The van der Waals surface area contributed by atoms with Crippen LogP contribution in [0.25, 0.3) is 0 Å². The van der Waals surface area contributed by atoms with Gasteiger partial charge in [-0.15, -0.1) is 0 Å². The smallest absolute Gasteiger partial charge is 0.000687 e. The van der Waals surface area contributed by atoms with E-state index in [9.17, 15) is 0 Å². The van der Waals surface area contributed by atoms with Gasteiger partial charge in [0, 0.05) is 0 Å². The molecule has 4 N–H and O–H groups in total. The summed E-state index contributed by atoms with van der Waals surface area (Å²) < 4.78 is 0. The van der Waals surface area contributed by atoms with Crippen LogP contribution < -0.4 is 16.4 Å². The van der Waals surface area contributed by atoms with Crippen molar-refractivity contribution in [3.05, 3.63) is 0 Å². The molecule has 104 valence electrons. The highest BCUT2D eigenvalue weighted by Gasteiger charge is 1.97. The maximum atomic E-state index is 5.42. The lowest BCUT2D eigenvalue weighted by atomic mass is 10.3. The van der Waals surface area contributed by atoms with Gasteiger partial charge in [-0.2, -0.15) is 0 Å².